The van der Waals surface area contributed by atoms with Gasteiger partial charge in [-0.2, -0.15) is 13.2 Å². The molecule has 0 spiro atoms. The van der Waals surface area contributed by atoms with E-state index in [-0.39, 0.29) is 23.8 Å². The summed E-state index contributed by atoms with van der Waals surface area (Å²) in [7, 11) is -4.59. The summed E-state index contributed by atoms with van der Waals surface area (Å²) >= 11 is 5.79. The molecule has 7 nitrogen and oxygen atoms in total. The van der Waals surface area contributed by atoms with E-state index in [2.05, 4.69) is 5.32 Å². The van der Waals surface area contributed by atoms with Gasteiger partial charge in [0.05, 0.1) is 21.2 Å². The molecule has 0 bridgehead atoms. The third kappa shape index (κ3) is 8.70. The van der Waals surface area contributed by atoms with E-state index in [0.717, 1.165) is 17.0 Å². The fraction of sp³-hybridized carbons (Fsp3) is 0.333. The highest BCUT2D eigenvalue weighted by atomic mass is 35.5. The van der Waals surface area contributed by atoms with Crippen molar-refractivity contribution in [3.05, 3.63) is 94.8 Å². The molecule has 0 heterocycles. The zero-order valence-electron chi connectivity index (χ0n) is 23.7. The summed E-state index contributed by atoms with van der Waals surface area (Å²) in [5.74, 6) is -1.78. The summed E-state index contributed by atoms with van der Waals surface area (Å²) < 4.78 is 83.0. The van der Waals surface area contributed by atoms with E-state index in [0.29, 0.717) is 22.5 Å². The minimum Gasteiger partial charge on any atom is -0.354 e. The Morgan fingerprint density at radius 2 is 1.60 bits per heavy atom. The second kappa shape index (κ2) is 14.2. The largest absolute Gasteiger partial charge is 0.417 e. The van der Waals surface area contributed by atoms with E-state index < -0.39 is 62.7 Å². The van der Waals surface area contributed by atoms with Gasteiger partial charge in [0.25, 0.3) is 10.0 Å². The molecule has 43 heavy (non-hydrogen) atoms. The molecule has 0 aromatic heterocycles. The average Bonchev–Trinajstić information content (AvgIpc) is 2.95. The van der Waals surface area contributed by atoms with Gasteiger partial charge >= 0.3 is 6.18 Å². The normalized spacial score (nSPS) is 12.6. The molecule has 0 radical (unpaired) electrons. The third-order valence-electron chi connectivity index (χ3n) is 6.49. The molecule has 0 aliphatic heterocycles. The first kappa shape index (κ1) is 33.9. The van der Waals surface area contributed by atoms with Crippen molar-refractivity contribution in [3.8, 4) is 0 Å². The number of alkyl halides is 3. The molecule has 3 rings (SSSR count). The molecule has 3 aromatic rings. The summed E-state index contributed by atoms with van der Waals surface area (Å²) in [6.45, 7) is 4.61. The van der Waals surface area contributed by atoms with Gasteiger partial charge < -0.3 is 10.2 Å². The van der Waals surface area contributed by atoms with Crippen molar-refractivity contribution < 1.29 is 35.6 Å². The predicted molar refractivity (Wildman–Crippen MR) is 156 cm³/mol. The van der Waals surface area contributed by atoms with Crippen LogP contribution >= 0.6 is 11.6 Å². The van der Waals surface area contributed by atoms with Gasteiger partial charge in [0.1, 0.15) is 18.4 Å². The lowest BCUT2D eigenvalue weighted by Crippen LogP contribution is -2.52. The lowest BCUT2D eigenvalue weighted by atomic mass is 10.1. The molecule has 0 fully saturated rings. The molecular weight excluding hydrogens is 610 g/mol. The van der Waals surface area contributed by atoms with Gasteiger partial charge in [-0.05, 0) is 60.4 Å². The van der Waals surface area contributed by atoms with Gasteiger partial charge in [-0.25, -0.2) is 12.8 Å². The Morgan fingerprint density at radius 1 is 0.977 bits per heavy atom. The standard InChI is InChI=1S/C30H32ClF4N3O4S/c1-4-27(29(40)36-17-20(2)3)37(18-21-10-12-22(32)13-11-21)28(39)19-38(43(41,42)24-8-6-5-7-9-24)23-14-15-26(31)25(16-23)30(33,34)35/h5-16,20,27H,4,17-19H2,1-3H3,(H,36,40). The van der Waals surface area contributed by atoms with Crippen LogP contribution in [0, 0.1) is 11.7 Å². The number of amides is 2. The Kier molecular flexibility index (Phi) is 11.2. The molecule has 2 amide bonds. The van der Waals surface area contributed by atoms with E-state index in [4.69, 9.17) is 11.6 Å². The van der Waals surface area contributed by atoms with Crippen molar-refractivity contribution in [2.24, 2.45) is 5.92 Å². The topological polar surface area (TPSA) is 86.8 Å². The summed E-state index contributed by atoms with van der Waals surface area (Å²) in [6, 6.07) is 13.6. The Morgan fingerprint density at radius 3 is 2.16 bits per heavy atom. The molecule has 232 valence electrons. The lowest BCUT2D eigenvalue weighted by molar-refractivity contribution is -0.140. The second-order valence-electron chi connectivity index (χ2n) is 10.2. The molecule has 0 aliphatic rings. The fourth-order valence-electron chi connectivity index (χ4n) is 4.26. The van der Waals surface area contributed by atoms with Crippen molar-refractivity contribution in [1.29, 1.82) is 0 Å². The summed E-state index contributed by atoms with van der Waals surface area (Å²) in [6.07, 6.45) is -4.77. The van der Waals surface area contributed by atoms with Gasteiger partial charge in [-0.1, -0.05) is 62.7 Å². The van der Waals surface area contributed by atoms with Gasteiger partial charge in [-0.3, -0.25) is 13.9 Å². The van der Waals surface area contributed by atoms with Crippen molar-refractivity contribution >= 4 is 39.1 Å². The number of nitrogens with one attached hydrogen (secondary N) is 1. The number of hydrogen-bond acceptors (Lipinski definition) is 4. The fourth-order valence-corrected chi connectivity index (χ4v) is 5.91. The number of hydrogen-bond donors (Lipinski definition) is 1. The van der Waals surface area contributed by atoms with Crippen LogP contribution < -0.4 is 9.62 Å². The molecule has 0 saturated carbocycles. The first-order valence-corrected chi connectivity index (χ1v) is 15.2. The highest BCUT2D eigenvalue weighted by molar-refractivity contribution is 7.92. The quantitative estimate of drug-likeness (QED) is 0.236. The maximum absolute atomic E-state index is 14.0. The van der Waals surface area contributed by atoms with Crippen LogP contribution in [-0.2, 0) is 32.3 Å². The number of anilines is 1. The molecule has 13 heteroatoms. The molecule has 1 unspecified atom stereocenters. The van der Waals surface area contributed by atoms with Crippen LogP contribution in [0.5, 0.6) is 0 Å². The molecule has 0 aliphatic carbocycles. The molecule has 3 aromatic carbocycles. The van der Waals surface area contributed by atoms with E-state index in [1.54, 1.807) is 13.0 Å². The zero-order valence-corrected chi connectivity index (χ0v) is 25.3. The van der Waals surface area contributed by atoms with E-state index >= 15 is 0 Å². The minimum atomic E-state index is -4.91. The van der Waals surface area contributed by atoms with Crippen molar-refractivity contribution in [2.45, 2.75) is 50.9 Å². The van der Waals surface area contributed by atoms with Crippen molar-refractivity contribution in [2.75, 3.05) is 17.4 Å². The SMILES string of the molecule is CCC(C(=O)NCC(C)C)N(Cc1ccc(F)cc1)C(=O)CN(c1ccc(Cl)c(C(F)(F)F)c1)S(=O)(=O)c1ccccc1. The monoisotopic (exact) mass is 641 g/mol. The van der Waals surface area contributed by atoms with Gasteiger partial charge in [0.15, 0.2) is 0 Å². The number of sulfonamides is 1. The first-order valence-electron chi connectivity index (χ1n) is 13.4. The molecule has 1 atom stereocenters. The van der Waals surface area contributed by atoms with E-state index in [9.17, 15) is 35.6 Å². The number of carbonyl (C=O) groups excluding carboxylic acids is 2. The van der Waals surface area contributed by atoms with Crippen molar-refractivity contribution in [3.63, 3.8) is 0 Å². The average molecular weight is 642 g/mol. The predicted octanol–water partition coefficient (Wildman–Crippen LogP) is 6.27. The smallest absolute Gasteiger partial charge is 0.354 e. The van der Waals surface area contributed by atoms with Crippen LogP contribution in [-0.4, -0.2) is 44.3 Å². The Labute approximate surface area is 253 Å². The van der Waals surface area contributed by atoms with Crippen LogP contribution in [0.2, 0.25) is 5.02 Å². The number of rotatable bonds is 12. The highest BCUT2D eigenvalue weighted by Crippen LogP contribution is 2.38. The highest BCUT2D eigenvalue weighted by Gasteiger charge is 2.37. The number of carbonyl (C=O) groups is 2. The van der Waals surface area contributed by atoms with Gasteiger partial charge in [0.2, 0.25) is 11.8 Å². The van der Waals surface area contributed by atoms with Crippen LogP contribution in [0.1, 0.15) is 38.3 Å². The summed E-state index contributed by atoms with van der Waals surface area (Å²) in [5.41, 5.74) is -1.28. The maximum Gasteiger partial charge on any atom is 0.417 e. The first-order chi connectivity index (χ1) is 20.1. The van der Waals surface area contributed by atoms with Crippen LogP contribution in [0.4, 0.5) is 23.2 Å². The van der Waals surface area contributed by atoms with Crippen LogP contribution in [0.25, 0.3) is 0 Å². The van der Waals surface area contributed by atoms with E-state index in [1.165, 1.54) is 48.5 Å². The second-order valence-corrected chi connectivity index (χ2v) is 12.5. The Balaban J connectivity index is 2.12. The van der Waals surface area contributed by atoms with Crippen LogP contribution in [0.3, 0.4) is 0 Å². The number of benzene rings is 3. The Hall–Kier alpha value is -3.64. The lowest BCUT2D eigenvalue weighted by Gasteiger charge is -2.33. The summed E-state index contributed by atoms with van der Waals surface area (Å²) in [5, 5.41) is 2.12. The number of nitrogens with zero attached hydrogens (tertiary/aromatic N) is 2. The summed E-state index contributed by atoms with van der Waals surface area (Å²) in [4.78, 5) is 28.1. The molecule has 0 saturated heterocycles. The third-order valence-corrected chi connectivity index (χ3v) is 8.61. The zero-order chi connectivity index (χ0) is 31.9. The molecular formula is C30H32ClF4N3O4S. The minimum absolute atomic E-state index is 0.0990. The molecule has 1 N–H and O–H groups in total. The van der Waals surface area contributed by atoms with Gasteiger partial charge in [0, 0.05) is 13.1 Å². The maximum atomic E-state index is 14.0. The van der Waals surface area contributed by atoms with Crippen LogP contribution in [0.15, 0.2) is 77.7 Å². The van der Waals surface area contributed by atoms with Gasteiger partial charge in [-0.15, -0.1) is 0 Å². The van der Waals surface area contributed by atoms with E-state index in [1.807, 2.05) is 13.8 Å². The number of halogens is 5. The van der Waals surface area contributed by atoms with Crippen molar-refractivity contribution in [1.82, 2.24) is 10.2 Å². The Bertz CT molecular complexity index is 1520.